The average Bonchev–Trinajstić information content (AvgIpc) is 3.09. The van der Waals surface area contributed by atoms with E-state index < -0.39 is 17.5 Å². The van der Waals surface area contributed by atoms with Crippen LogP contribution in [-0.2, 0) is 27.4 Å². The quantitative estimate of drug-likeness (QED) is 0.476. The maximum absolute atomic E-state index is 12.2. The molecule has 9 heteroatoms. The van der Waals surface area contributed by atoms with Gasteiger partial charge in [-0.25, -0.2) is 14.6 Å². The van der Waals surface area contributed by atoms with Gasteiger partial charge >= 0.3 is 11.9 Å². The Bertz CT molecular complexity index is 1060. The van der Waals surface area contributed by atoms with Gasteiger partial charge in [-0.2, -0.15) is 0 Å². The van der Waals surface area contributed by atoms with Crippen molar-refractivity contribution in [3.8, 4) is 5.75 Å². The van der Waals surface area contributed by atoms with E-state index in [4.69, 9.17) is 14.2 Å². The number of rotatable bonds is 8. The number of nitrogens with one attached hydrogen (secondary N) is 1. The largest absolute Gasteiger partial charge is 0.479 e. The number of ether oxygens (including phenoxy) is 3. The van der Waals surface area contributed by atoms with E-state index in [1.54, 1.807) is 20.8 Å². The maximum atomic E-state index is 12.2. The second-order valence-electron chi connectivity index (χ2n) is 7.87. The van der Waals surface area contributed by atoms with Crippen LogP contribution in [0.3, 0.4) is 0 Å². The van der Waals surface area contributed by atoms with Gasteiger partial charge < -0.3 is 19.5 Å². The van der Waals surface area contributed by atoms with Crippen LogP contribution in [0.15, 0.2) is 42.5 Å². The summed E-state index contributed by atoms with van der Waals surface area (Å²) in [5, 5.41) is 4.01. The second-order valence-corrected chi connectivity index (χ2v) is 8.87. The monoisotopic (exact) mass is 478 g/mol. The third-order valence-corrected chi connectivity index (χ3v) is 5.23. The van der Waals surface area contributed by atoms with Gasteiger partial charge in [-0.3, -0.25) is 0 Å². The number of halogens is 1. The van der Waals surface area contributed by atoms with Gasteiger partial charge in [0.05, 0.1) is 18.2 Å². The van der Waals surface area contributed by atoms with Crippen LogP contribution in [0.5, 0.6) is 5.75 Å². The Morgan fingerprint density at radius 1 is 1.06 bits per heavy atom. The summed E-state index contributed by atoms with van der Waals surface area (Å²) in [7, 11) is 1.30. The topological polar surface area (TPSA) is 86.8 Å². The fourth-order valence-electron chi connectivity index (χ4n) is 2.90. The fraction of sp³-hybridized carbons (Fsp3) is 0.348. The van der Waals surface area contributed by atoms with Crippen LogP contribution in [0.4, 0.5) is 0 Å². The van der Waals surface area contributed by atoms with Crippen molar-refractivity contribution < 1.29 is 23.8 Å². The Kier molecular flexibility index (Phi) is 9.00. The maximum Gasteiger partial charge on any atom is 0.351 e. The lowest BCUT2D eigenvalue weighted by Crippen LogP contribution is -2.27. The van der Waals surface area contributed by atoms with E-state index in [0.717, 1.165) is 12.2 Å². The van der Waals surface area contributed by atoms with Crippen molar-refractivity contribution in [1.82, 2.24) is 10.3 Å². The molecule has 0 amide bonds. The third-order valence-electron chi connectivity index (χ3n) is 4.17. The number of hydrogen-bond donors (Lipinski definition) is 1. The molecule has 0 fully saturated rings. The minimum atomic E-state index is -0.620. The summed E-state index contributed by atoms with van der Waals surface area (Å²) in [4.78, 5) is 29.8. The highest BCUT2D eigenvalue weighted by Crippen LogP contribution is 2.37. The van der Waals surface area contributed by atoms with E-state index in [2.05, 4.69) is 22.4 Å². The normalized spacial score (nSPS) is 11.0. The van der Waals surface area contributed by atoms with Crippen LogP contribution < -0.4 is 10.1 Å². The lowest BCUT2D eigenvalue weighted by atomic mass is 10.2. The van der Waals surface area contributed by atoms with Gasteiger partial charge in [-0.15, -0.1) is 23.7 Å². The first kappa shape index (κ1) is 25.6. The molecule has 7 nitrogen and oxygen atoms in total. The van der Waals surface area contributed by atoms with Crippen LogP contribution >= 0.6 is 23.7 Å². The molecule has 32 heavy (non-hydrogen) atoms. The first-order chi connectivity index (χ1) is 14.8. The molecule has 2 aromatic heterocycles. The van der Waals surface area contributed by atoms with E-state index in [-0.39, 0.29) is 29.6 Å². The summed E-state index contributed by atoms with van der Waals surface area (Å²) in [6.07, 6.45) is 0. The molecule has 1 N–H and O–H groups in total. The number of carbonyl (C=O) groups is 2. The van der Waals surface area contributed by atoms with Crippen molar-refractivity contribution in [1.29, 1.82) is 0 Å². The molecule has 0 aliphatic rings. The number of thiophene rings is 1. The fourth-order valence-corrected chi connectivity index (χ4v) is 3.95. The molecule has 0 unspecified atom stereocenters. The van der Waals surface area contributed by atoms with E-state index in [1.165, 1.54) is 24.0 Å². The van der Waals surface area contributed by atoms with Crippen LogP contribution in [-0.4, -0.2) is 36.2 Å². The summed E-state index contributed by atoms with van der Waals surface area (Å²) in [5.74, 6) is -0.766. The Morgan fingerprint density at radius 2 is 1.78 bits per heavy atom. The van der Waals surface area contributed by atoms with Crippen molar-refractivity contribution in [2.75, 3.05) is 13.7 Å². The molecule has 1 aromatic carbocycles. The smallest absolute Gasteiger partial charge is 0.351 e. The molecule has 3 rings (SSSR count). The Hall–Kier alpha value is -2.68. The highest BCUT2D eigenvalue weighted by atomic mass is 35.5. The van der Waals surface area contributed by atoms with E-state index in [1.807, 2.05) is 30.3 Å². The average molecular weight is 479 g/mol. The number of fused-ring (bicyclic) bond motifs is 1. The van der Waals surface area contributed by atoms with Gasteiger partial charge in [0.25, 0.3) is 0 Å². The van der Waals surface area contributed by atoms with Gasteiger partial charge in [-0.1, -0.05) is 30.3 Å². The zero-order valence-electron chi connectivity index (χ0n) is 18.5. The molecule has 0 atom stereocenters. The zero-order valence-corrected chi connectivity index (χ0v) is 20.1. The van der Waals surface area contributed by atoms with Gasteiger partial charge in [0.1, 0.15) is 10.4 Å². The number of pyridine rings is 1. The minimum absolute atomic E-state index is 0. The SMILES string of the molecule is COC(=O)c1sc2nc(CNCc3ccccc3)ccc2c1OCC(=O)OC(C)(C)C.Cl. The lowest BCUT2D eigenvalue weighted by Gasteiger charge is -2.19. The molecule has 2 heterocycles. The van der Waals surface area contributed by atoms with Crippen molar-refractivity contribution in [3.05, 3.63) is 58.6 Å². The first-order valence-electron chi connectivity index (χ1n) is 9.87. The lowest BCUT2D eigenvalue weighted by molar-refractivity contribution is -0.157. The number of carbonyl (C=O) groups excluding carboxylic acids is 2. The standard InChI is InChI=1S/C23H26N2O5S.ClH/c1-23(2,3)30-18(26)14-29-19-17-11-10-16(13-24-12-15-8-6-5-7-9-15)25-21(17)31-20(19)22(27)28-4;/h5-11,24H,12-14H2,1-4H3;1H. The van der Waals surface area contributed by atoms with Crippen LogP contribution in [0.1, 0.15) is 41.7 Å². The van der Waals surface area contributed by atoms with Crippen molar-refractivity contribution >= 4 is 45.9 Å². The molecule has 0 saturated carbocycles. The number of nitrogens with zero attached hydrogens (tertiary/aromatic N) is 1. The molecule has 3 aromatic rings. The molecule has 0 saturated heterocycles. The second kappa shape index (κ2) is 11.3. The summed E-state index contributed by atoms with van der Waals surface area (Å²) in [6.45, 7) is 6.33. The van der Waals surface area contributed by atoms with Gasteiger partial charge in [0.2, 0.25) is 0 Å². The number of aromatic nitrogens is 1. The molecular weight excluding hydrogens is 452 g/mol. The number of methoxy groups -OCH3 is 1. The predicted molar refractivity (Wildman–Crippen MR) is 127 cm³/mol. The number of esters is 2. The van der Waals surface area contributed by atoms with Gasteiger partial charge in [-0.05, 0) is 38.5 Å². The zero-order chi connectivity index (χ0) is 22.4. The Balaban J connectivity index is 0.00000363. The van der Waals surface area contributed by atoms with Crippen molar-refractivity contribution in [3.63, 3.8) is 0 Å². The summed E-state index contributed by atoms with van der Waals surface area (Å²) >= 11 is 1.17. The highest BCUT2D eigenvalue weighted by molar-refractivity contribution is 7.20. The summed E-state index contributed by atoms with van der Waals surface area (Å²) in [6, 6.07) is 13.8. The van der Waals surface area contributed by atoms with E-state index in [9.17, 15) is 9.59 Å². The molecular formula is C23H27ClN2O5S. The molecule has 0 aliphatic carbocycles. The summed E-state index contributed by atoms with van der Waals surface area (Å²) in [5.41, 5.74) is 1.40. The summed E-state index contributed by atoms with van der Waals surface area (Å²) < 4.78 is 15.8. The van der Waals surface area contributed by atoms with Gasteiger partial charge in [0.15, 0.2) is 17.2 Å². The third kappa shape index (κ3) is 6.91. The Labute approximate surface area is 197 Å². The molecule has 172 valence electrons. The predicted octanol–water partition coefficient (Wildman–Crippen LogP) is 4.52. The highest BCUT2D eigenvalue weighted by Gasteiger charge is 2.24. The molecule has 0 bridgehead atoms. The van der Waals surface area contributed by atoms with Crippen LogP contribution in [0.2, 0.25) is 0 Å². The molecule has 0 aliphatic heterocycles. The van der Waals surface area contributed by atoms with Crippen LogP contribution in [0.25, 0.3) is 10.2 Å². The number of hydrogen-bond acceptors (Lipinski definition) is 8. The molecule has 0 radical (unpaired) electrons. The number of benzene rings is 1. The van der Waals surface area contributed by atoms with E-state index in [0.29, 0.717) is 16.8 Å². The first-order valence-corrected chi connectivity index (χ1v) is 10.7. The van der Waals surface area contributed by atoms with Gasteiger partial charge in [0, 0.05) is 13.1 Å². The van der Waals surface area contributed by atoms with E-state index >= 15 is 0 Å². The Morgan fingerprint density at radius 3 is 2.44 bits per heavy atom. The van der Waals surface area contributed by atoms with Crippen molar-refractivity contribution in [2.24, 2.45) is 0 Å². The molecule has 0 spiro atoms. The van der Waals surface area contributed by atoms with Crippen LogP contribution in [0, 0.1) is 0 Å². The minimum Gasteiger partial charge on any atom is -0.479 e. The van der Waals surface area contributed by atoms with Crippen molar-refractivity contribution in [2.45, 2.75) is 39.5 Å².